The van der Waals surface area contributed by atoms with Crippen molar-refractivity contribution in [3.63, 3.8) is 0 Å². The lowest BCUT2D eigenvalue weighted by atomic mass is 9.67. The fraction of sp³-hybridized carbons (Fsp3) is 0.500. The summed E-state index contributed by atoms with van der Waals surface area (Å²) in [5.74, 6) is 0.348. The molecular formula is C22H27N3O3. The van der Waals surface area contributed by atoms with Gasteiger partial charge in [-0.3, -0.25) is 4.79 Å². The maximum atomic E-state index is 13.1. The van der Waals surface area contributed by atoms with Crippen LogP contribution in [0, 0.1) is 22.7 Å². The molecule has 2 aliphatic rings. The van der Waals surface area contributed by atoms with Crippen LogP contribution in [0.25, 0.3) is 0 Å². The van der Waals surface area contributed by atoms with Gasteiger partial charge in [-0.25, -0.2) is 4.99 Å². The molecule has 6 nitrogen and oxygen atoms in total. The predicted octanol–water partition coefficient (Wildman–Crippen LogP) is 3.72. The molecule has 148 valence electrons. The molecule has 2 N–H and O–H groups in total. The molecule has 0 amide bonds. The summed E-state index contributed by atoms with van der Waals surface area (Å²) in [7, 11) is 0. The predicted molar refractivity (Wildman–Crippen MR) is 107 cm³/mol. The molecule has 0 spiro atoms. The summed E-state index contributed by atoms with van der Waals surface area (Å²) < 4.78 is 11.5. The molecule has 6 heteroatoms. The number of Topliss-reactive ketones (excluding diaryl/α,β-unsaturated/α-hetero) is 1. The second-order valence-corrected chi connectivity index (χ2v) is 7.99. The van der Waals surface area contributed by atoms with E-state index in [1.165, 1.54) is 0 Å². The number of amidine groups is 1. The minimum absolute atomic E-state index is 0.0250. The van der Waals surface area contributed by atoms with E-state index >= 15 is 0 Å². The number of carbonyl (C=O) groups excluding carboxylic acids is 1. The Kier molecular flexibility index (Phi) is 5.46. The van der Waals surface area contributed by atoms with E-state index < -0.39 is 11.8 Å². The zero-order valence-electron chi connectivity index (χ0n) is 16.9. The second-order valence-electron chi connectivity index (χ2n) is 7.99. The third-order valence-electron chi connectivity index (χ3n) is 5.19. The fourth-order valence-electron chi connectivity index (χ4n) is 4.11. The van der Waals surface area contributed by atoms with Crippen molar-refractivity contribution in [1.82, 2.24) is 0 Å². The lowest BCUT2D eigenvalue weighted by Crippen LogP contribution is -2.38. The van der Waals surface area contributed by atoms with E-state index in [0.717, 1.165) is 5.56 Å². The first-order chi connectivity index (χ1) is 13.3. The van der Waals surface area contributed by atoms with Gasteiger partial charge in [-0.1, -0.05) is 13.8 Å². The number of allylic oxidation sites excluding steroid dienone is 2. The Morgan fingerprint density at radius 1 is 1.25 bits per heavy atom. The Hall–Kier alpha value is -2.81. The van der Waals surface area contributed by atoms with Gasteiger partial charge < -0.3 is 15.2 Å². The van der Waals surface area contributed by atoms with Gasteiger partial charge in [0.05, 0.1) is 25.0 Å². The van der Waals surface area contributed by atoms with Crippen LogP contribution in [0.15, 0.2) is 34.5 Å². The Labute approximate surface area is 166 Å². The highest BCUT2D eigenvalue weighted by Gasteiger charge is 2.44. The Morgan fingerprint density at radius 3 is 2.61 bits per heavy atom. The van der Waals surface area contributed by atoms with Crippen LogP contribution >= 0.6 is 0 Å². The van der Waals surface area contributed by atoms with Gasteiger partial charge in [0.25, 0.3) is 0 Å². The summed E-state index contributed by atoms with van der Waals surface area (Å²) in [6.07, 6.45) is 1.07. The zero-order valence-corrected chi connectivity index (χ0v) is 16.9. The maximum Gasteiger partial charge on any atom is 0.161 e. The van der Waals surface area contributed by atoms with E-state index in [1.807, 2.05) is 45.9 Å². The molecule has 1 aromatic rings. The molecule has 0 bridgehead atoms. The monoisotopic (exact) mass is 381 g/mol. The topological polar surface area (TPSA) is 97.7 Å². The number of rotatable bonds is 5. The number of nitrogens with zero attached hydrogens (tertiary/aromatic N) is 2. The molecule has 1 aliphatic heterocycles. The van der Waals surface area contributed by atoms with Crippen LogP contribution in [-0.2, 0) is 4.79 Å². The summed E-state index contributed by atoms with van der Waals surface area (Å²) >= 11 is 0. The second kappa shape index (κ2) is 7.67. The summed E-state index contributed by atoms with van der Waals surface area (Å²) in [5.41, 5.74) is 8.04. The van der Waals surface area contributed by atoms with Crippen LogP contribution < -0.4 is 15.2 Å². The highest BCUT2D eigenvalue weighted by atomic mass is 16.5. The standard InChI is InChI=1S/C22H27N3O3/c1-5-27-13-7-8-18(28-6-2)14(9-13)19-15(12-23)21(24)25-16-10-22(3,4)11-17(26)20(16)19/h7-9,15,19H,5-6,10-11H2,1-4H3,(H2,24,25)/t15?,19-/m0/s1. The number of aliphatic imine (C=N–C) groups is 1. The van der Waals surface area contributed by atoms with Crippen molar-refractivity contribution in [2.24, 2.45) is 22.1 Å². The lowest BCUT2D eigenvalue weighted by Gasteiger charge is -2.38. The number of nitrogens with two attached hydrogens (primary N) is 1. The minimum atomic E-state index is -0.722. The average molecular weight is 381 g/mol. The third kappa shape index (κ3) is 3.62. The van der Waals surface area contributed by atoms with Gasteiger partial charge in [-0.2, -0.15) is 5.26 Å². The largest absolute Gasteiger partial charge is 0.494 e. The van der Waals surface area contributed by atoms with E-state index in [9.17, 15) is 10.1 Å². The van der Waals surface area contributed by atoms with Crippen molar-refractivity contribution in [3.05, 3.63) is 35.0 Å². The SMILES string of the molecule is CCOc1ccc(OCC)c([C@@H]2C3=C(CC(C)(C)CC3=O)N=C(N)C2C#N)c1. The van der Waals surface area contributed by atoms with Gasteiger partial charge in [0.2, 0.25) is 0 Å². The molecule has 3 rings (SSSR count). The number of ether oxygens (including phenoxy) is 2. The van der Waals surface area contributed by atoms with E-state index in [0.29, 0.717) is 48.8 Å². The normalized spacial score (nSPS) is 23.5. The van der Waals surface area contributed by atoms with Crippen LogP contribution in [0.3, 0.4) is 0 Å². The summed E-state index contributed by atoms with van der Waals surface area (Å²) in [6, 6.07) is 7.78. The molecule has 0 aromatic heterocycles. The molecule has 28 heavy (non-hydrogen) atoms. The van der Waals surface area contributed by atoms with Gasteiger partial charge in [0.15, 0.2) is 5.78 Å². The van der Waals surface area contributed by atoms with E-state index in [2.05, 4.69) is 11.1 Å². The minimum Gasteiger partial charge on any atom is -0.494 e. The molecule has 0 fully saturated rings. The van der Waals surface area contributed by atoms with Crippen molar-refractivity contribution in [1.29, 1.82) is 5.26 Å². The maximum absolute atomic E-state index is 13.1. The smallest absolute Gasteiger partial charge is 0.161 e. The molecular weight excluding hydrogens is 354 g/mol. The van der Waals surface area contributed by atoms with E-state index in [4.69, 9.17) is 15.2 Å². The molecule has 1 unspecified atom stereocenters. The first-order valence-corrected chi connectivity index (χ1v) is 9.70. The van der Waals surface area contributed by atoms with Crippen LogP contribution in [0.2, 0.25) is 0 Å². The fourth-order valence-corrected chi connectivity index (χ4v) is 4.11. The zero-order chi connectivity index (χ0) is 20.5. The number of carbonyl (C=O) groups is 1. The van der Waals surface area contributed by atoms with Crippen molar-refractivity contribution >= 4 is 11.6 Å². The number of nitriles is 1. The van der Waals surface area contributed by atoms with Crippen LogP contribution in [0.4, 0.5) is 0 Å². The van der Waals surface area contributed by atoms with Crippen LogP contribution in [0.1, 0.15) is 52.0 Å². The Morgan fingerprint density at radius 2 is 1.96 bits per heavy atom. The molecule has 2 atom stereocenters. The summed E-state index contributed by atoms with van der Waals surface area (Å²) in [6.45, 7) is 8.90. The Balaban J connectivity index is 2.22. The summed E-state index contributed by atoms with van der Waals surface area (Å²) in [4.78, 5) is 17.6. The highest BCUT2D eigenvalue weighted by molar-refractivity contribution is 6.03. The third-order valence-corrected chi connectivity index (χ3v) is 5.19. The van der Waals surface area contributed by atoms with Gasteiger partial charge in [0, 0.05) is 23.5 Å². The van der Waals surface area contributed by atoms with E-state index in [1.54, 1.807) is 0 Å². The quantitative estimate of drug-likeness (QED) is 0.838. The van der Waals surface area contributed by atoms with Crippen molar-refractivity contribution in [2.75, 3.05) is 13.2 Å². The van der Waals surface area contributed by atoms with Crippen LogP contribution in [-0.4, -0.2) is 24.8 Å². The molecule has 1 heterocycles. The Bertz CT molecular complexity index is 893. The summed E-state index contributed by atoms with van der Waals surface area (Å²) in [5, 5.41) is 9.85. The van der Waals surface area contributed by atoms with Gasteiger partial charge in [-0.15, -0.1) is 0 Å². The van der Waals surface area contributed by atoms with Crippen LogP contribution in [0.5, 0.6) is 11.5 Å². The molecule has 1 aromatic carbocycles. The molecule has 0 radical (unpaired) electrons. The average Bonchev–Trinajstić information content (AvgIpc) is 2.61. The first-order valence-electron chi connectivity index (χ1n) is 9.70. The highest BCUT2D eigenvalue weighted by Crippen LogP contribution is 2.49. The van der Waals surface area contributed by atoms with Gasteiger partial charge >= 0.3 is 0 Å². The van der Waals surface area contributed by atoms with Crippen molar-refractivity contribution in [2.45, 2.75) is 46.5 Å². The number of benzene rings is 1. The number of hydrogen-bond acceptors (Lipinski definition) is 6. The number of ketones is 1. The molecule has 1 aliphatic carbocycles. The molecule has 0 saturated heterocycles. The number of hydrogen-bond donors (Lipinski definition) is 1. The first kappa shape index (κ1) is 19.9. The lowest BCUT2D eigenvalue weighted by molar-refractivity contribution is -0.118. The van der Waals surface area contributed by atoms with Crippen molar-refractivity contribution < 1.29 is 14.3 Å². The van der Waals surface area contributed by atoms with Gasteiger partial charge in [0.1, 0.15) is 23.3 Å². The van der Waals surface area contributed by atoms with Crippen molar-refractivity contribution in [3.8, 4) is 17.6 Å². The van der Waals surface area contributed by atoms with E-state index in [-0.39, 0.29) is 17.0 Å². The van der Waals surface area contributed by atoms with Gasteiger partial charge in [-0.05, 0) is 43.9 Å². The molecule has 0 saturated carbocycles.